The number of amides is 1. The Balaban J connectivity index is 1.64. The summed E-state index contributed by atoms with van der Waals surface area (Å²) in [7, 11) is 0. The largest absolute Gasteiger partial charge is 0.296 e. The third-order valence-corrected chi connectivity index (χ3v) is 4.53. The van der Waals surface area contributed by atoms with Crippen LogP contribution in [0.25, 0.3) is 17.1 Å². The number of aryl methyl sites for hydroxylation is 1. The van der Waals surface area contributed by atoms with Crippen molar-refractivity contribution in [2.45, 2.75) is 6.92 Å². The van der Waals surface area contributed by atoms with Crippen molar-refractivity contribution < 1.29 is 4.79 Å². The van der Waals surface area contributed by atoms with Crippen molar-refractivity contribution in [2.75, 3.05) is 5.32 Å². The van der Waals surface area contributed by atoms with Crippen LogP contribution in [0, 0.1) is 18.3 Å². The molecule has 0 unspecified atom stereocenters. The first-order chi connectivity index (χ1) is 13.7. The number of nitrogens with zero attached hydrogens (tertiary/aromatic N) is 8. The second-order valence-electron chi connectivity index (χ2n) is 5.55. The maximum absolute atomic E-state index is 12.7. The predicted octanol–water partition coefficient (Wildman–Crippen LogP) is 2.01. The average Bonchev–Trinajstić information content (AvgIpc) is 3.35. The number of carbonyl (C=O) groups excluding carboxylic acids is 1. The Labute approximate surface area is 162 Å². The van der Waals surface area contributed by atoms with Gasteiger partial charge >= 0.3 is 0 Å². The van der Waals surface area contributed by atoms with E-state index in [1.54, 1.807) is 6.07 Å². The van der Waals surface area contributed by atoms with Crippen LogP contribution in [0.1, 0.15) is 21.1 Å². The quantitative estimate of drug-likeness (QED) is 0.560. The molecular weight excluding hydrogens is 378 g/mol. The molecule has 136 valence electrons. The molecule has 0 saturated carbocycles. The number of hydrogen-bond acceptors (Lipinski definition) is 9. The van der Waals surface area contributed by atoms with Crippen molar-refractivity contribution in [3.63, 3.8) is 0 Å². The van der Waals surface area contributed by atoms with Gasteiger partial charge in [0.25, 0.3) is 5.91 Å². The van der Waals surface area contributed by atoms with Crippen LogP contribution in [0.15, 0.2) is 43.1 Å². The van der Waals surface area contributed by atoms with E-state index in [0.717, 1.165) is 17.0 Å². The van der Waals surface area contributed by atoms with Gasteiger partial charge in [-0.15, -0.1) is 5.10 Å². The second kappa shape index (κ2) is 7.29. The Kier molecular flexibility index (Phi) is 4.53. The fourth-order valence-electron chi connectivity index (χ4n) is 2.44. The van der Waals surface area contributed by atoms with Crippen LogP contribution in [0.4, 0.5) is 5.13 Å². The lowest BCUT2D eigenvalue weighted by Crippen LogP contribution is -2.17. The molecule has 28 heavy (non-hydrogen) atoms. The SMILES string of the molecule is Cc1cccc(-c2nc(NC(=O)c3cnnn3-c3cncnc3)sc2C#N)n1. The lowest BCUT2D eigenvalue weighted by molar-refractivity contribution is 0.101. The standard InChI is InChI=1S/C17H11N9OS/c1-10-3-2-4-12(22-10)15-14(5-18)28-17(23-15)24-16(27)13-8-21-25-26(13)11-6-19-9-20-7-11/h2-4,6-9H,1H3,(H,23,24,27). The van der Waals surface area contributed by atoms with Crippen molar-refractivity contribution in [1.29, 1.82) is 5.26 Å². The first-order valence-electron chi connectivity index (χ1n) is 7.98. The molecule has 0 aromatic carbocycles. The highest BCUT2D eigenvalue weighted by molar-refractivity contribution is 7.16. The molecular formula is C17H11N9OS. The first kappa shape index (κ1) is 17.4. The number of rotatable bonds is 4. The van der Waals surface area contributed by atoms with Crippen LogP contribution < -0.4 is 5.32 Å². The second-order valence-corrected chi connectivity index (χ2v) is 6.55. The summed E-state index contributed by atoms with van der Waals surface area (Å²) in [6.07, 6.45) is 5.72. The molecule has 0 aliphatic heterocycles. The summed E-state index contributed by atoms with van der Waals surface area (Å²) < 4.78 is 1.32. The molecule has 1 amide bonds. The fourth-order valence-corrected chi connectivity index (χ4v) is 3.21. The van der Waals surface area contributed by atoms with E-state index >= 15 is 0 Å². The molecule has 10 nitrogen and oxygen atoms in total. The maximum Gasteiger partial charge on any atom is 0.277 e. The number of carbonyl (C=O) groups is 1. The minimum absolute atomic E-state index is 0.179. The van der Waals surface area contributed by atoms with E-state index < -0.39 is 5.91 Å². The minimum atomic E-state index is -0.476. The molecule has 0 fully saturated rings. The number of aromatic nitrogens is 7. The van der Waals surface area contributed by atoms with E-state index in [0.29, 0.717) is 22.0 Å². The van der Waals surface area contributed by atoms with Crippen LogP contribution in [0.2, 0.25) is 0 Å². The van der Waals surface area contributed by atoms with E-state index in [4.69, 9.17) is 0 Å². The molecule has 0 radical (unpaired) electrons. The number of hydrogen-bond donors (Lipinski definition) is 1. The zero-order valence-electron chi connectivity index (χ0n) is 14.4. The van der Waals surface area contributed by atoms with E-state index in [1.165, 1.54) is 29.6 Å². The summed E-state index contributed by atoms with van der Waals surface area (Å²) in [5.74, 6) is -0.476. The predicted molar refractivity (Wildman–Crippen MR) is 99.7 cm³/mol. The van der Waals surface area contributed by atoms with Gasteiger partial charge in [0, 0.05) is 5.69 Å². The Morgan fingerprint density at radius 1 is 1.21 bits per heavy atom. The minimum Gasteiger partial charge on any atom is -0.296 e. The normalized spacial score (nSPS) is 10.4. The fraction of sp³-hybridized carbons (Fsp3) is 0.0588. The van der Waals surface area contributed by atoms with Crippen molar-refractivity contribution in [3.8, 4) is 23.1 Å². The van der Waals surface area contributed by atoms with Gasteiger partial charge in [0.15, 0.2) is 10.8 Å². The summed E-state index contributed by atoms with van der Waals surface area (Å²) in [6, 6.07) is 7.55. The maximum atomic E-state index is 12.7. The van der Waals surface area contributed by atoms with E-state index in [9.17, 15) is 10.1 Å². The van der Waals surface area contributed by atoms with Crippen molar-refractivity contribution >= 4 is 22.4 Å². The van der Waals surface area contributed by atoms with Gasteiger partial charge in [-0.05, 0) is 19.1 Å². The number of pyridine rings is 1. The smallest absolute Gasteiger partial charge is 0.277 e. The molecule has 4 aromatic heterocycles. The highest BCUT2D eigenvalue weighted by atomic mass is 32.1. The average molecular weight is 389 g/mol. The highest BCUT2D eigenvalue weighted by Crippen LogP contribution is 2.29. The first-order valence-corrected chi connectivity index (χ1v) is 8.80. The van der Waals surface area contributed by atoms with Gasteiger partial charge in [0.1, 0.15) is 28.7 Å². The lowest BCUT2D eigenvalue weighted by Gasteiger charge is -2.04. The molecule has 4 heterocycles. The number of anilines is 1. The van der Waals surface area contributed by atoms with Crippen molar-refractivity contribution in [3.05, 3.63) is 59.4 Å². The Hall–Kier alpha value is -4.04. The molecule has 0 atom stereocenters. The summed E-state index contributed by atoms with van der Waals surface area (Å²) in [5, 5.41) is 20.0. The lowest BCUT2D eigenvalue weighted by atomic mass is 10.2. The molecule has 0 aliphatic carbocycles. The summed E-state index contributed by atoms with van der Waals surface area (Å²) in [5.41, 5.74) is 2.47. The zero-order valence-corrected chi connectivity index (χ0v) is 15.3. The van der Waals surface area contributed by atoms with Gasteiger partial charge in [-0.3, -0.25) is 15.1 Å². The monoisotopic (exact) mass is 389 g/mol. The Morgan fingerprint density at radius 3 is 2.79 bits per heavy atom. The number of nitriles is 1. The van der Waals surface area contributed by atoms with Gasteiger partial charge in [0.2, 0.25) is 0 Å². The van der Waals surface area contributed by atoms with Crippen LogP contribution in [0.5, 0.6) is 0 Å². The molecule has 11 heteroatoms. The van der Waals surface area contributed by atoms with Gasteiger partial charge in [-0.2, -0.15) is 5.26 Å². The molecule has 4 aromatic rings. The third kappa shape index (κ3) is 3.31. The summed E-state index contributed by atoms with van der Waals surface area (Å²) >= 11 is 1.07. The Morgan fingerprint density at radius 2 is 2.04 bits per heavy atom. The number of nitrogens with one attached hydrogen (secondary N) is 1. The van der Waals surface area contributed by atoms with E-state index in [2.05, 4.69) is 41.6 Å². The summed E-state index contributed by atoms with van der Waals surface area (Å²) in [4.78, 5) is 29.6. The highest BCUT2D eigenvalue weighted by Gasteiger charge is 2.19. The third-order valence-electron chi connectivity index (χ3n) is 3.65. The number of thiazole rings is 1. The molecule has 0 bridgehead atoms. The topological polar surface area (TPSA) is 135 Å². The summed E-state index contributed by atoms with van der Waals surface area (Å²) in [6.45, 7) is 1.85. The van der Waals surface area contributed by atoms with E-state index in [-0.39, 0.29) is 10.8 Å². The van der Waals surface area contributed by atoms with E-state index in [1.807, 2.05) is 19.1 Å². The van der Waals surface area contributed by atoms with Crippen LogP contribution in [-0.4, -0.2) is 40.8 Å². The van der Waals surface area contributed by atoms with Crippen LogP contribution in [0.3, 0.4) is 0 Å². The molecule has 0 saturated heterocycles. The van der Waals surface area contributed by atoms with Gasteiger partial charge in [-0.25, -0.2) is 19.6 Å². The Bertz CT molecular complexity index is 1190. The molecule has 1 N–H and O–H groups in total. The van der Waals surface area contributed by atoms with Crippen molar-refractivity contribution in [1.82, 2.24) is 34.9 Å². The zero-order chi connectivity index (χ0) is 19.5. The van der Waals surface area contributed by atoms with Crippen LogP contribution in [-0.2, 0) is 0 Å². The molecule has 4 rings (SSSR count). The van der Waals surface area contributed by atoms with Crippen molar-refractivity contribution in [2.24, 2.45) is 0 Å². The van der Waals surface area contributed by atoms with Gasteiger partial charge < -0.3 is 0 Å². The van der Waals surface area contributed by atoms with Crippen LogP contribution >= 0.6 is 11.3 Å². The van der Waals surface area contributed by atoms with Gasteiger partial charge in [0.05, 0.1) is 24.3 Å². The molecule has 0 aliphatic rings. The van der Waals surface area contributed by atoms with Gasteiger partial charge in [-0.1, -0.05) is 22.6 Å². The molecule has 0 spiro atoms.